The van der Waals surface area contributed by atoms with E-state index in [-0.39, 0.29) is 25.3 Å². The van der Waals surface area contributed by atoms with Crippen LogP contribution in [0.1, 0.15) is 57.7 Å². The van der Waals surface area contributed by atoms with Crippen molar-refractivity contribution >= 4 is 28.8 Å². The molecule has 1 saturated carbocycles. The second kappa shape index (κ2) is 15.3. The Hall–Kier alpha value is -4.89. The number of likely N-dealkylation sites (N-methyl/N-ethyl adjacent to an activating group) is 1. The van der Waals surface area contributed by atoms with Gasteiger partial charge < -0.3 is 39.2 Å². The number of ether oxygens (including phenoxy) is 3. The summed E-state index contributed by atoms with van der Waals surface area (Å²) in [6.45, 7) is 6.60. The molecule has 7 aliphatic rings. The minimum atomic E-state index is -2.95. The second-order valence-electron chi connectivity index (χ2n) is 20.1. The highest BCUT2D eigenvalue weighted by atomic mass is 19.3. The summed E-state index contributed by atoms with van der Waals surface area (Å²) in [5.74, 6) is -7.72. The van der Waals surface area contributed by atoms with Crippen LogP contribution in [0.15, 0.2) is 84.1 Å². The SMILES string of the molecule is CC[C@]12C=CCN3CC[C@@]4(C5=CC([C@@]6(C(=O)OC)C[C@H]7CC(C(C)(F)F)CN(CCc8c6[nH]c6ccc(-c9ccccc9)cc86)C7)C(OC)C=C5N(C)[C@H]4[C@@](O)(C(=O)O)[C@@H]1OC(C)=O)[C@@H]32. The van der Waals surface area contributed by atoms with Crippen LogP contribution in [0, 0.1) is 28.6 Å². The van der Waals surface area contributed by atoms with Gasteiger partial charge in [0.05, 0.1) is 19.3 Å². The van der Waals surface area contributed by atoms with Crippen LogP contribution in [0.4, 0.5) is 8.78 Å². The number of aliphatic carboxylic acids is 1. The largest absolute Gasteiger partial charge is 0.479 e. The number of carboxylic acids is 1. The van der Waals surface area contributed by atoms with Crippen LogP contribution in [0.2, 0.25) is 0 Å². The molecule has 0 radical (unpaired) electrons. The van der Waals surface area contributed by atoms with Gasteiger partial charge in [-0.05, 0) is 92.0 Å². The molecule has 4 unspecified atom stereocenters. The highest BCUT2D eigenvalue weighted by Crippen LogP contribution is 2.70. The fourth-order valence-corrected chi connectivity index (χ4v) is 14.6. The van der Waals surface area contributed by atoms with E-state index < -0.39 is 81.8 Å². The Morgan fingerprint density at radius 3 is 2.46 bits per heavy atom. The minimum Gasteiger partial charge on any atom is -0.479 e. The minimum absolute atomic E-state index is 0.169. The van der Waals surface area contributed by atoms with Gasteiger partial charge in [0.2, 0.25) is 11.5 Å². The van der Waals surface area contributed by atoms with Crippen molar-refractivity contribution in [2.24, 2.45) is 28.6 Å². The van der Waals surface area contributed by atoms with Crippen molar-refractivity contribution in [1.29, 1.82) is 0 Å². The Morgan fingerprint density at radius 2 is 1.78 bits per heavy atom. The highest BCUT2D eigenvalue weighted by Gasteiger charge is 2.81. The number of esters is 2. The monoisotopic (exact) mass is 894 g/mol. The van der Waals surface area contributed by atoms with Gasteiger partial charge in [-0.25, -0.2) is 13.6 Å². The van der Waals surface area contributed by atoms with Crippen LogP contribution >= 0.6 is 0 Å². The van der Waals surface area contributed by atoms with Crippen molar-refractivity contribution in [3.05, 3.63) is 95.4 Å². The van der Waals surface area contributed by atoms with Gasteiger partial charge in [0.1, 0.15) is 5.41 Å². The maximum atomic E-state index is 15.6. The van der Waals surface area contributed by atoms with Gasteiger partial charge in [0.15, 0.2) is 6.10 Å². The molecule has 3 aromatic rings. The number of fused-ring (bicyclic) bond motifs is 6. The number of alkyl halides is 2. The number of halogens is 2. The summed E-state index contributed by atoms with van der Waals surface area (Å²) in [6.07, 6.45) is 7.46. The van der Waals surface area contributed by atoms with Crippen LogP contribution in [0.25, 0.3) is 22.0 Å². The molecule has 65 heavy (non-hydrogen) atoms. The molecule has 12 nitrogen and oxygen atoms in total. The van der Waals surface area contributed by atoms with Gasteiger partial charge in [-0.15, -0.1) is 0 Å². The Morgan fingerprint density at radius 1 is 1.02 bits per heavy atom. The molecule has 346 valence electrons. The third-order valence-electron chi connectivity index (χ3n) is 17.0. The quantitative estimate of drug-likeness (QED) is 0.172. The molecule has 10 rings (SSSR count). The second-order valence-corrected chi connectivity index (χ2v) is 20.1. The van der Waals surface area contributed by atoms with E-state index in [1.165, 1.54) is 14.0 Å². The van der Waals surface area contributed by atoms with Crippen LogP contribution in [0.5, 0.6) is 0 Å². The molecule has 5 aliphatic heterocycles. The van der Waals surface area contributed by atoms with Gasteiger partial charge in [-0.1, -0.05) is 61.5 Å². The molecule has 14 heteroatoms. The molecule has 12 atom stereocenters. The predicted octanol–water partition coefficient (Wildman–Crippen LogP) is 6.34. The zero-order valence-corrected chi connectivity index (χ0v) is 38.0. The number of carbonyl (C=O) groups excluding carboxylic acids is 2. The van der Waals surface area contributed by atoms with Gasteiger partial charge in [-0.2, -0.15) is 0 Å². The van der Waals surface area contributed by atoms with Gasteiger partial charge in [-0.3, -0.25) is 14.5 Å². The lowest BCUT2D eigenvalue weighted by molar-refractivity contribution is -0.241. The van der Waals surface area contributed by atoms with E-state index in [9.17, 15) is 19.8 Å². The predicted molar refractivity (Wildman–Crippen MR) is 239 cm³/mol. The van der Waals surface area contributed by atoms with Gasteiger partial charge >= 0.3 is 17.9 Å². The summed E-state index contributed by atoms with van der Waals surface area (Å²) in [5.41, 5.74) is -0.348. The summed E-state index contributed by atoms with van der Waals surface area (Å²) in [7, 11) is 4.74. The Balaban J connectivity index is 1.24. The van der Waals surface area contributed by atoms with E-state index in [1.807, 2.05) is 54.3 Å². The van der Waals surface area contributed by atoms with E-state index >= 15 is 13.6 Å². The molecule has 1 spiro atoms. The van der Waals surface area contributed by atoms with E-state index in [0.717, 1.165) is 40.1 Å². The maximum absolute atomic E-state index is 15.6. The first-order valence-electron chi connectivity index (χ1n) is 23.1. The number of piperidine rings is 1. The number of likely N-dealkylation sites (tertiary alicyclic amines) is 1. The number of aromatic nitrogens is 1. The first-order chi connectivity index (χ1) is 31.0. The number of rotatable bonds is 8. The third kappa shape index (κ3) is 6.08. The van der Waals surface area contributed by atoms with E-state index in [4.69, 9.17) is 14.2 Å². The lowest BCUT2D eigenvalue weighted by Crippen LogP contribution is -2.79. The topological polar surface area (TPSA) is 145 Å². The van der Waals surface area contributed by atoms with Crippen LogP contribution in [-0.2, 0) is 40.4 Å². The van der Waals surface area contributed by atoms with E-state index in [0.29, 0.717) is 56.8 Å². The van der Waals surface area contributed by atoms with Gasteiger partial charge in [0, 0.05) is 98.3 Å². The van der Waals surface area contributed by atoms with Crippen molar-refractivity contribution in [2.45, 2.75) is 94.1 Å². The number of hydrogen-bond acceptors (Lipinski definition) is 10. The number of aromatic amines is 1. The number of benzene rings is 2. The molecule has 1 aromatic heterocycles. The van der Waals surface area contributed by atoms with Crippen molar-refractivity contribution in [3.63, 3.8) is 0 Å². The van der Waals surface area contributed by atoms with Crippen LogP contribution in [0.3, 0.4) is 0 Å². The standard InChI is InChI=1S/C51H60F2N4O8/c1-7-48-17-11-19-57-21-18-49(42(48)57)36-24-37(40(63-5)25-39(36)55(4)43(49)51(62,45(59)60)44(48)65-29(2)58)50(46(61)64-6)26-30-22-33(47(3,52)53)28-56(27-30)20-16-34-35-23-32(31-12-9-8-10-13-31)14-15-38(35)54-41(34)50/h8-15,17,23-25,30,33,37,40,42-44,54,62H,7,16,18-22,26-28H2,1-6H3,(H,59,60)/t30-,33?,37?,40?,42+,43-,44-,48-,49-,50+,51+/m1/s1. The highest BCUT2D eigenvalue weighted by molar-refractivity contribution is 5.93. The van der Waals surface area contributed by atoms with E-state index in [2.05, 4.69) is 45.1 Å². The van der Waals surface area contributed by atoms with Crippen molar-refractivity contribution in [1.82, 2.24) is 19.7 Å². The molecular weight excluding hydrogens is 835 g/mol. The fourth-order valence-electron chi connectivity index (χ4n) is 14.6. The third-order valence-corrected chi connectivity index (χ3v) is 17.0. The first kappa shape index (κ1) is 44.0. The average molecular weight is 895 g/mol. The summed E-state index contributed by atoms with van der Waals surface area (Å²) < 4.78 is 49.5. The number of hydrogen-bond donors (Lipinski definition) is 3. The lowest BCUT2D eigenvalue weighted by Gasteiger charge is -2.63. The first-order valence-corrected chi connectivity index (χ1v) is 23.1. The Labute approximate surface area is 378 Å². The van der Waals surface area contributed by atoms with Gasteiger partial charge in [0.25, 0.3) is 0 Å². The molecule has 2 aliphatic carbocycles. The zero-order chi connectivity index (χ0) is 46.0. The molecular formula is C51H60F2N4O8. The molecule has 2 aromatic carbocycles. The normalized spacial score (nSPS) is 37.4. The number of allylic oxidation sites excluding steroid dienone is 1. The number of aliphatic hydroxyl groups is 1. The zero-order valence-electron chi connectivity index (χ0n) is 38.0. The van der Waals surface area contributed by atoms with Crippen LogP contribution < -0.4 is 0 Å². The number of carbonyl (C=O) groups is 3. The molecule has 4 fully saturated rings. The fraction of sp³-hybridized carbons (Fsp3) is 0.549. The molecule has 6 heterocycles. The summed E-state index contributed by atoms with van der Waals surface area (Å²) in [4.78, 5) is 52.5. The molecule has 3 N–H and O–H groups in total. The number of nitrogens with one attached hydrogen (secondary N) is 1. The number of H-pyrrole nitrogens is 1. The summed E-state index contributed by atoms with van der Waals surface area (Å²) in [6, 6.07) is 14.8. The Kier molecular flexibility index (Phi) is 10.4. The summed E-state index contributed by atoms with van der Waals surface area (Å²) >= 11 is 0. The van der Waals surface area contributed by atoms with Crippen LogP contribution in [-0.4, -0.2) is 138 Å². The number of nitrogens with zero attached hydrogens (tertiary/aromatic N) is 3. The smallest absolute Gasteiger partial charge is 0.341 e. The van der Waals surface area contributed by atoms with Crippen molar-refractivity contribution in [2.75, 3.05) is 54.0 Å². The molecule has 0 amide bonds. The number of carboxylic acid groups (broad SMARTS) is 1. The van der Waals surface area contributed by atoms with Crippen molar-refractivity contribution in [3.8, 4) is 11.1 Å². The van der Waals surface area contributed by atoms with E-state index in [1.54, 1.807) is 14.2 Å². The Bertz CT molecular complexity index is 2540. The van der Waals surface area contributed by atoms with Crippen molar-refractivity contribution < 1.29 is 47.6 Å². The average Bonchev–Trinajstić information content (AvgIpc) is 3.95. The number of methoxy groups -OCH3 is 2. The lowest BCUT2D eigenvalue weighted by atomic mass is 9.47. The molecule has 3 saturated heterocycles. The molecule has 2 bridgehead atoms. The maximum Gasteiger partial charge on any atom is 0.341 e. The summed E-state index contributed by atoms with van der Waals surface area (Å²) in [5, 5.41) is 25.4.